The second kappa shape index (κ2) is 10.1. The van der Waals surface area contributed by atoms with E-state index >= 15 is 0 Å². The van der Waals surface area contributed by atoms with Crippen LogP contribution in [0.25, 0.3) is 11.4 Å². The first-order valence-electron chi connectivity index (χ1n) is 9.32. The number of hydrogen-bond acceptors (Lipinski definition) is 6. The molecule has 0 bridgehead atoms. The van der Waals surface area contributed by atoms with Gasteiger partial charge in [-0.1, -0.05) is 29.4 Å². The highest BCUT2D eigenvalue weighted by molar-refractivity contribution is 7.85. The van der Waals surface area contributed by atoms with Gasteiger partial charge in [0.15, 0.2) is 0 Å². The number of nitrogens with one attached hydrogen (secondary N) is 1. The largest absolute Gasteiger partial charge is 0.497 e. The summed E-state index contributed by atoms with van der Waals surface area (Å²) >= 11 is 0. The number of amides is 1. The van der Waals surface area contributed by atoms with Crippen molar-refractivity contribution in [1.82, 2.24) is 15.5 Å². The normalized spacial score (nSPS) is 12.9. The topological polar surface area (TPSA) is 94.3 Å². The Morgan fingerprint density at radius 2 is 2.03 bits per heavy atom. The fourth-order valence-electron chi connectivity index (χ4n) is 2.68. The molecular formula is C21H22FN3O4S. The number of hydrogen-bond donors (Lipinski definition) is 1. The van der Waals surface area contributed by atoms with Crippen molar-refractivity contribution >= 4 is 16.7 Å². The zero-order chi connectivity index (χ0) is 21.5. The Balaban J connectivity index is 1.51. The van der Waals surface area contributed by atoms with Crippen molar-refractivity contribution in [2.45, 2.75) is 24.3 Å². The van der Waals surface area contributed by atoms with Gasteiger partial charge >= 0.3 is 0 Å². The summed E-state index contributed by atoms with van der Waals surface area (Å²) in [7, 11) is 0.0370. The smallest absolute Gasteiger partial charge is 0.239 e. The van der Waals surface area contributed by atoms with Gasteiger partial charge in [0, 0.05) is 22.9 Å². The zero-order valence-corrected chi connectivity index (χ0v) is 17.4. The lowest BCUT2D eigenvalue weighted by molar-refractivity contribution is -0.120. The van der Waals surface area contributed by atoms with E-state index in [0.717, 1.165) is 5.56 Å². The molecule has 1 amide bonds. The van der Waals surface area contributed by atoms with Crippen LogP contribution in [0.5, 0.6) is 5.75 Å². The minimum atomic E-state index is -1.53. The van der Waals surface area contributed by atoms with Gasteiger partial charge in [-0.25, -0.2) is 4.39 Å². The molecule has 2 atom stereocenters. The lowest BCUT2D eigenvalue weighted by Gasteiger charge is -2.11. The molecule has 0 spiro atoms. The number of ether oxygens (including phenoxy) is 1. The van der Waals surface area contributed by atoms with Crippen LogP contribution in [0.3, 0.4) is 0 Å². The predicted octanol–water partition coefficient (Wildman–Crippen LogP) is 2.88. The second-order valence-corrected chi connectivity index (χ2v) is 8.34. The van der Waals surface area contributed by atoms with Gasteiger partial charge in [0.1, 0.15) is 22.6 Å². The van der Waals surface area contributed by atoms with E-state index in [4.69, 9.17) is 9.26 Å². The van der Waals surface area contributed by atoms with Gasteiger partial charge < -0.3 is 14.6 Å². The molecule has 0 radical (unpaired) electrons. The van der Waals surface area contributed by atoms with E-state index in [0.29, 0.717) is 30.1 Å². The number of rotatable bonds is 9. The summed E-state index contributed by atoms with van der Waals surface area (Å²) in [5.74, 6) is 0.553. The van der Waals surface area contributed by atoms with Crippen molar-refractivity contribution < 1.29 is 22.7 Å². The van der Waals surface area contributed by atoms with E-state index in [1.165, 1.54) is 12.1 Å². The molecule has 0 fully saturated rings. The Hall–Kier alpha value is -3.07. The van der Waals surface area contributed by atoms with Crippen molar-refractivity contribution in [2.24, 2.45) is 0 Å². The van der Waals surface area contributed by atoms with Gasteiger partial charge in [-0.15, -0.1) is 0 Å². The Morgan fingerprint density at radius 1 is 1.27 bits per heavy atom. The van der Waals surface area contributed by atoms with E-state index < -0.39 is 16.0 Å². The Morgan fingerprint density at radius 3 is 2.77 bits per heavy atom. The summed E-state index contributed by atoms with van der Waals surface area (Å²) in [5.41, 5.74) is 1.61. The van der Waals surface area contributed by atoms with Crippen LogP contribution in [0.15, 0.2) is 53.1 Å². The van der Waals surface area contributed by atoms with Crippen molar-refractivity contribution in [1.29, 1.82) is 0 Å². The van der Waals surface area contributed by atoms with Crippen LogP contribution in [0.4, 0.5) is 4.39 Å². The lowest BCUT2D eigenvalue weighted by Crippen LogP contribution is -2.37. The molecule has 0 aliphatic heterocycles. The molecule has 2 unspecified atom stereocenters. The molecule has 1 N–H and O–H groups in total. The van der Waals surface area contributed by atoms with Gasteiger partial charge in [0.2, 0.25) is 17.6 Å². The maximum atomic E-state index is 12.9. The molecule has 7 nitrogen and oxygen atoms in total. The number of methoxy groups -OCH3 is 1. The van der Waals surface area contributed by atoms with Crippen LogP contribution in [-0.4, -0.2) is 39.2 Å². The quantitative estimate of drug-likeness (QED) is 0.560. The fraction of sp³-hybridized carbons (Fsp3) is 0.286. The second-order valence-electron chi connectivity index (χ2n) is 6.58. The zero-order valence-electron chi connectivity index (χ0n) is 16.6. The third-order valence-electron chi connectivity index (χ3n) is 4.45. The van der Waals surface area contributed by atoms with Crippen LogP contribution in [0, 0.1) is 5.82 Å². The number of benzene rings is 2. The molecule has 3 rings (SSSR count). The monoisotopic (exact) mass is 431 g/mol. The fourth-order valence-corrected chi connectivity index (χ4v) is 3.62. The number of carbonyl (C=O) groups is 1. The van der Waals surface area contributed by atoms with Crippen molar-refractivity contribution in [3.05, 3.63) is 65.8 Å². The molecule has 158 valence electrons. The standard InChI is InChI=1S/C21H22FN3O4S/c1-14(21(26)23-11-10-15-6-8-17(22)9-7-15)30(27)13-19-24-20(25-29-19)16-4-3-5-18(12-16)28-2/h3-9,12,14H,10-11,13H2,1-2H3,(H,23,26). The summed E-state index contributed by atoms with van der Waals surface area (Å²) < 4.78 is 35.8. The van der Waals surface area contributed by atoms with E-state index in [2.05, 4.69) is 15.5 Å². The molecule has 0 saturated carbocycles. The average Bonchev–Trinajstić information content (AvgIpc) is 3.23. The van der Waals surface area contributed by atoms with Gasteiger partial charge in [-0.2, -0.15) is 4.98 Å². The summed E-state index contributed by atoms with van der Waals surface area (Å²) in [6.45, 7) is 1.95. The van der Waals surface area contributed by atoms with Gasteiger partial charge in [-0.3, -0.25) is 9.00 Å². The molecule has 30 heavy (non-hydrogen) atoms. The van der Waals surface area contributed by atoms with Crippen molar-refractivity contribution in [3.63, 3.8) is 0 Å². The number of aromatic nitrogens is 2. The first kappa shape index (κ1) is 21.6. The van der Waals surface area contributed by atoms with Crippen molar-refractivity contribution in [2.75, 3.05) is 13.7 Å². The van der Waals surface area contributed by atoms with Crippen LogP contribution >= 0.6 is 0 Å². The number of nitrogens with zero attached hydrogens (tertiary/aromatic N) is 2. The number of carbonyl (C=O) groups excluding carboxylic acids is 1. The van der Waals surface area contributed by atoms with Crippen molar-refractivity contribution in [3.8, 4) is 17.1 Å². The summed E-state index contributed by atoms with van der Waals surface area (Å²) in [6, 6.07) is 13.3. The lowest BCUT2D eigenvalue weighted by atomic mass is 10.1. The van der Waals surface area contributed by atoms with Crippen LogP contribution < -0.4 is 10.1 Å². The minimum absolute atomic E-state index is 0.0243. The van der Waals surface area contributed by atoms with Crippen LogP contribution in [-0.2, 0) is 27.8 Å². The Kier molecular flexibility index (Phi) is 7.29. The molecule has 0 aliphatic carbocycles. The Bertz CT molecular complexity index is 1020. The maximum absolute atomic E-state index is 12.9. The predicted molar refractivity (Wildman–Crippen MR) is 111 cm³/mol. The minimum Gasteiger partial charge on any atom is -0.497 e. The van der Waals surface area contributed by atoms with Crippen LogP contribution in [0.1, 0.15) is 18.4 Å². The third-order valence-corrected chi connectivity index (χ3v) is 5.99. The first-order valence-corrected chi connectivity index (χ1v) is 10.7. The molecule has 9 heteroatoms. The van der Waals surface area contributed by atoms with E-state index in [9.17, 15) is 13.4 Å². The third kappa shape index (κ3) is 5.73. The summed E-state index contributed by atoms with van der Waals surface area (Å²) in [6.07, 6.45) is 0.554. The molecule has 1 heterocycles. The molecule has 0 saturated heterocycles. The molecule has 0 aliphatic rings. The van der Waals surface area contributed by atoms with Crippen LogP contribution in [0.2, 0.25) is 0 Å². The maximum Gasteiger partial charge on any atom is 0.239 e. The molecule has 3 aromatic rings. The highest BCUT2D eigenvalue weighted by atomic mass is 32.2. The van der Waals surface area contributed by atoms with Gasteiger partial charge in [0.05, 0.1) is 7.11 Å². The molecular weight excluding hydrogens is 409 g/mol. The highest BCUT2D eigenvalue weighted by Gasteiger charge is 2.22. The molecule has 2 aromatic carbocycles. The van der Waals surface area contributed by atoms with Gasteiger partial charge in [-0.05, 0) is 43.2 Å². The van der Waals surface area contributed by atoms with E-state index in [1.54, 1.807) is 44.4 Å². The number of halogens is 1. The highest BCUT2D eigenvalue weighted by Crippen LogP contribution is 2.21. The van der Waals surface area contributed by atoms with E-state index in [-0.39, 0.29) is 23.4 Å². The SMILES string of the molecule is COc1cccc(-c2noc(CS(=O)C(C)C(=O)NCCc3ccc(F)cc3)n2)c1. The van der Waals surface area contributed by atoms with Gasteiger partial charge in [0.25, 0.3) is 0 Å². The molecule has 1 aromatic heterocycles. The average molecular weight is 431 g/mol. The first-order chi connectivity index (χ1) is 14.5. The Labute approximate surface area is 176 Å². The summed E-state index contributed by atoms with van der Waals surface area (Å²) in [5, 5.41) is 5.91. The van der Waals surface area contributed by atoms with E-state index in [1.807, 2.05) is 6.07 Å². The summed E-state index contributed by atoms with van der Waals surface area (Å²) in [4.78, 5) is 16.5.